The van der Waals surface area contributed by atoms with Crippen molar-refractivity contribution in [1.29, 1.82) is 5.26 Å². The summed E-state index contributed by atoms with van der Waals surface area (Å²) < 4.78 is 27.8. The fourth-order valence-electron chi connectivity index (χ4n) is 4.08. The van der Waals surface area contributed by atoms with Crippen molar-refractivity contribution in [3.63, 3.8) is 0 Å². The molecule has 0 aromatic heterocycles. The van der Waals surface area contributed by atoms with Crippen molar-refractivity contribution < 1.29 is 12.6 Å². The van der Waals surface area contributed by atoms with E-state index in [4.69, 9.17) is 9.92 Å². The third-order valence-corrected chi connectivity index (χ3v) is 6.22. The number of rotatable bonds is 9. The molecule has 1 saturated heterocycles. The van der Waals surface area contributed by atoms with Crippen LogP contribution in [-0.2, 0) is 16.7 Å². The third kappa shape index (κ3) is 7.23. The van der Waals surface area contributed by atoms with Crippen molar-refractivity contribution in [2.45, 2.75) is 44.8 Å². The Bertz CT molecular complexity index is 1020. The lowest BCUT2D eigenvalue weighted by molar-refractivity contribution is 0.203. The molecule has 0 bridgehead atoms. The van der Waals surface area contributed by atoms with Crippen molar-refractivity contribution in [3.05, 3.63) is 59.7 Å². The molecule has 2 aromatic rings. The van der Waals surface area contributed by atoms with Crippen molar-refractivity contribution in [1.82, 2.24) is 4.90 Å². The van der Waals surface area contributed by atoms with Crippen LogP contribution in [0.5, 0.6) is 5.75 Å². The first-order valence-electron chi connectivity index (χ1n) is 11.0. The quantitative estimate of drug-likeness (QED) is 0.579. The number of anilines is 1. The molecule has 8 heteroatoms. The highest BCUT2D eigenvalue weighted by atomic mass is 32.2. The fraction of sp³-hybridized carbons (Fsp3) is 0.458. The molecule has 172 valence electrons. The van der Waals surface area contributed by atoms with Crippen molar-refractivity contribution in [2.24, 2.45) is 5.73 Å². The van der Waals surface area contributed by atoms with Crippen LogP contribution in [0.15, 0.2) is 48.5 Å². The van der Waals surface area contributed by atoms with Gasteiger partial charge in [-0.15, -0.1) is 0 Å². The Morgan fingerprint density at radius 1 is 1.22 bits per heavy atom. The molecular weight excluding hydrogens is 424 g/mol. The van der Waals surface area contributed by atoms with Gasteiger partial charge in [0.1, 0.15) is 5.75 Å². The van der Waals surface area contributed by atoms with Gasteiger partial charge in [0, 0.05) is 37.4 Å². The van der Waals surface area contributed by atoms with Crippen LogP contribution in [0.25, 0.3) is 0 Å². The lowest BCUT2D eigenvalue weighted by atomic mass is 10.00. The summed E-state index contributed by atoms with van der Waals surface area (Å²) in [6.07, 6.45) is 4.09. The van der Waals surface area contributed by atoms with Crippen LogP contribution >= 0.6 is 0 Å². The first-order chi connectivity index (χ1) is 15.2. The zero-order valence-electron chi connectivity index (χ0n) is 18.8. The van der Waals surface area contributed by atoms with Gasteiger partial charge < -0.3 is 19.7 Å². The van der Waals surface area contributed by atoms with Gasteiger partial charge in [-0.25, -0.2) is 0 Å². The molecule has 1 heterocycles. The molecule has 1 unspecified atom stereocenters. The van der Waals surface area contributed by atoms with Crippen LogP contribution in [0.2, 0.25) is 0 Å². The molecule has 1 aliphatic heterocycles. The Hall–Kier alpha value is -2.60. The number of hydrogen-bond donors (Lipinski definition) is 1. The lowest BCUT2D eigenvalue weighted by Crippen LogP contribution is -2.45. The Balaban J connectivity index is 1.78. The van der Waals surface area contributed by atoms with Crippen molar-refractivity contribution >= 4 is 15.8 Å². The Morgan fingerprint density at radius 3 is 2.50 bits per heavy atom. The number of benzene rings is 2. The largest absolute Gasteiger partial charge is 0.383 e. The van der Waals surface area contributed by atoms with E-state index in [9.17, 15) is 13.7 Å². The van der Waals surface area contributed by atoms with Gasteiger partial charge >= 0.3 is 10.1 Å². The monoisotopic (exact) mass is 456 g/mol. The average molecular weight is 457 g/mol. The van der Waals surface area contributed by atoms with Gasteiger partial charge in [-0.2, -0.15) is 13.7 Å². The summed E-state index contributed by atoms with van der Waals surface area (Å²) in [7, 11) is -3.56. The number of nitrogens with zero attached hydrogens (tertiary/aromatic N) is 3. The lowest BCUT2D eigenvalue weighted by Gasteiger charge is -2.40. The van der Waals surface area contributed by atoms with E-state index in [0.29, 0.717) is 23.9 Å². The van der Waals surface area contributed by atoms with E-state index in [1.54, 1.807) is 12.1 Å². The van der Waals surface area contributed by atoms with E-state index >= 15 is 0 Å². The zero-order valence-corrected chi connectivity index (χ0v) is 19.6. The molecule has 1 atom stereocenters. The topological polar surface area (TPSA) is 99.7 Å². The van der Waals surface area contributed by atoms with E-state index in [1.807, 2.05) is 43.3 Å². The Kier molecular flexibility index (Phi) is 8.13. The van der Waals surface area contributed by atoms with E-state index in [0.717, 1.165) is 56.4 Å². The summed E-state index contributed by atoms with van der Waals surface area (Å²) in [5.74, 6) is 0.299. The molecule has 0 aliphatic carbocycles. The Morgan fingerprint density at radius 2 is 1.91 bits per heavy atom. The van der Waals surface area contributed by atoms with E-state index in [2.05, 4.69) is 15.9 Å². The van der Waals surface area contributed by atoms with E-state index in [1.165, 1.54) is 0 Å². The highest BCUT2D eigenvalue weighted by Gasteiger charge is 2.25. The first kappa shape index (κ1) is 24.1. The third-order valence-electron chi connectivity index (χ3n) is 5.72. The summed E-state index contributed by atoms with van der Waals surface area (Å²) in [6.45, 7) is 5.77. The maximum Gasteiger partial charge on any atom is 0.306 e. The van der Waals surface area contributed by atoms with Crippen molar-refractivity contribution in [2.75, 3.05) is 30.8 Å². The van der Waals surface area contributed by atoms with Crippen molar-refractivity contribution in [3.8, 4) is 11.8 Å². The zero-order chi connectivity index (χ0) is 23.1. The standard InChI is InChI=1S/C24H32N4O3S/c1-19(26)10-13-27-14-11-23(12-15-27)28(18-21-5-3-4-20(16-21)17-25)22-6-8-24(9-7-22)31-32(2,29)30/h3-9,16,19,23H,10-15,18,26H2,1-2H3. The highest BCUT2D eigenvalue weighted by Crippen LogP contribution is 2.28. The van der Waals surface area contributed by atoms with Crippen LogP contribution in [0.3, 0.4) is 0 Å². The maximum atomic E-state index is 11.4. The van der Waals surface area contributed by atoms with E-state index in [-0.39, 0.29) is 6.04 Å². The number of likely N-dealkylation sites (tertiary alicyclic amines) is 1. The fourth-order valence-corrected chi connectivity index (χ4v) is 4.54. The van der Waals surface area contributed by atoms with Gasteiger partial charge in [-0.1, -0.05) is 12.1 Å². The molecule has 1 aliphatic rings. The highest BCUT2D eigenvalue weighted by molar-refractivity contribution is 7.86. The molecule has 2 aromatic carbocycles. The van der Waals surface area contributed by atoms with E-state index < -0.39 is 10.1 Å². The molecule has 0 radical (unpaired) electrons. The predicted molar refractivity (Wildman–Crippen MR) is 127 cm³/mol. The summed E-state index contributed by atoms with van der Waals surface area (Å²) in [5.41, 5.74) is 8.63. The van der Waals surface area contributed by atoms with Crippen LogP contribution in [-0.4, -0.2) is 51.3 Å². The van der Waals surface area contributed by atoms with Crippen LogP contribution in [0, 0.1) is 11.3 Å². The molecule has 7 nitrogen and oxygen atoms in total. The summed E-state index contributed by atoms with van der Waals surface area (Å²) >= 11 is 0. The second kappa shape index (κ2) is 10.8. The minimum absolute atomic E-state index is 0.212. The first-order valence-corrected chi connectivity index (χ1v) is 12.8. The maximum absolute atomic E-state index is 11.4. The second-order valence-corrected chi connectivity index (χ2v) is 10.1. The van der Waals surface area contributed by atoms with Gasteiger partial charge in [0.2, 0.25) is 0 Å². The number of hydrogen-bond acceptors (Lipinski definition) is 7. The molecule has 0 spiro atoms. The summed E-state index contributed by atoms with van der Waals surface area (Å²) in [4.78, 5) is 4.82. The minimum Gasteiger partial charge on any atom is -0.383 e. The smallest absolute Gasteiger partial charge is 0.306 e. The minimum atomic E-state index is -3.56. The SMILES string of the molecule is CC(N)CCN1CCC(N(Cc2cccc(C#N)c2)c2ccc(OS(C)(=O)=O)cc2)CC1. The van der Waals surface area contributed by atoms with Gasteiger partial charge in [-0.3, -0.25) is 0 Å². The average Bonchev–Trinajstić information content (AvgIpc) is 2.76. The number of piperidine rings is 1. The molecular formula is C24H32N4O3S. The predicted octanol–water partition coefficient (Wildman–Crippen LogP) is 3.10. The second-order valence-electron chi connectivity index (χ2n) is 8.56. The molecule has 1 fully saturated rings. The molecule has 32 heavy (non-hydrogen) atoms. The molecule has 2 N–H and O–H groups in total. The normalized spacial score (nSPS) is 16.3. The molecule has 0 saturated carbocycles. The summed E-state index contributed by atoms with van der Waals surface area (Å²) in [6, 6.07) is 17.6. The van der Waals surface area contributed by atoms with Gasteiger partial charge in [0.15, 0.2) is 0 Å². The molecule has 0 amide bonds. The summed E-state index contributed by atoms with van der Waals surface area (Å²) in [5, 5.41) is 9.26. The number of nitrogens with two attached hydrogens (primary N) is 1. The van der Waals surface area contributed by atoms with Gasteiger partial charge in [0.25, 0.3) is 0 Å². The van der Waals surface area contributed by atoms with Crippen LogP contribution < -0.4 is 14.8 Å². The van der Waals surface area contributed by atoms with Gasteiger partial charge in [-0.05, 0) is 74.7 Å². The molecule has 3 rings (SSSR count). The van der Waals surface area contributed by atoms with Gasteiger partial charge in [0.05, 0.1) is 17.9 Å². The Labute approximate surface area is 191 Å². The van der Waals surface area contributed by atoms with Crippen LogP contribution in [0.1, 0.15) is 37.3 Å². The number of nitriles is 1. The van der Waals surface area contributed by atoms with Crippen LogP contribution in [0.4, 0.5) is 5.69 Å².